The largest absolute Gasteiger partial charge is 0.496 e. The molecule has 9 nitrogen and oxygen atoms in total. The number of hydrogen-bond acceptors (Lipinski definition) is 7. The van der Waals surface area contributed by atoms with Crippen molar-refractivity contribution in [1.82, 2.24) is 29.9 Å². The predicted molar refractivity (Wildman–Crippen MR) is 128 cm³/mol. The number of nitrogens with zero attached hydrogens (tertiary/aromatic N) is 5. The molecule has 0 radical (unpaired) electrons. The second-order valence-electron chi connectivity index (χ2n) is 8.62. The molecule has 0 bridgehead atoms. The van der Waals surface area contributed by atoms with Crippen molar-refractivity contribution in [3.8, 4) is 16.9 Å². The molecule has 4 aromatic heterocycles. The van der Waals surface area contributed by atoms with Gasteiger partial charge in [0.2, 0.25) is 0 Å². The van der Waals surface area contributed by atoms with E-state index in [2.05, 4.69) is 51.5 Å². The molecule has 5 rings (SSSR count). The molecule has 0 amide bonds. The summed E-state index contributed by atoms with van der Waals surface area (Å²) in [6.07, 6.45) is 0. The van der Waals surface area contributed by atoms with Crippen molar-refractivity contribution in [3.63, 3.8) is 0 Å². The molecular weight excluding hydrogens is 418 g/mol. The molecule has 0 aliphatic heterocycles. The highest BCUT2D eigenvalue weighted by molar-refractivity contribution is 6.13. The summed E-state index contributed by atoms with van der Waals surface area (Å²) in [7, 11) is 3.59. The van der Waals surface area contributed by atoms with E-state index in [1.807, 2.05) is 38.6 Å². The highest BCUT2D eigenvalue weighted by Crippen LogP contribution is 2.41. The van der Waals surface area contributed by atoms with E-state index in [4.69, 9.17) is 14.2 Å². The summed E-state index contributed by atoms with van der Waals surface area (Å²) >= 11 is 0. The number of aryl methyl sites for hydroxylation is 4. The Balaban J connectivity index is 1.73. The molecule has 1 aromatic carbocycles. The number of aromatic nitrogens is 6. The van der Waals surface area contributed by atoms with Crippen LogP contribution in [0.1, 0.15) is 42.7 Å². The lowest BCUT2D eigenvalue weighted by molar-refractivity contribution is 0.393. The van der Waals surface area contributed by atoms with Crippen LogP contribution in [0.3, 0.4) is 0 Å². The number of ether oxygens (including phenoxy) is 1. The predicted octanol–water partition coefficient (Wildman–Crippen LogP) is 5.30. The molecule has 2 N–H and O–H groups in total. The number of nitrogens with one attached hydrogen (secondary N) is 2. The first-order valence-electron chi connectivity index (χ1n) is 10.9. The number of methoxy groups -OCH3 is 1. The Morgan fingerprint density at radius 2 is 1.91 bits per heavy atom. The van der Waals surface area contributed by atoms with Crippen LogP contribution in [0.4, 0.5) is 11.6 Å². The summed E-state index contributed by atoms with van der Waals surface area (Å²) in [5.74, 6) is 4.06. The summed E-state index contributed by atoms with van der Waals surface area (Å²) < 4.78 is 13.0. The van der Waals surface area contributed by atoms with Crippen LogP contribution in [0.25, 0.3) is 33.1 Å². The number of rotatable bonds is 5. The van der Waals surface area contributed by atoms with Gasteiger partial charge in [-0.25, -0.2) is 9.97 Å². The quantitative estimate of drug-likeness (QED) is 0.378. The standard InChI is InChI=1S/C24H27N7O2/c1-11(2)17-10-20(31(6)29-17)28-24-22-15-9-19(32-7)16(21-12(3)30-33-13(21)4)8-18(15)27-23(22)25-14(5)26-24/h8-11H,1-7H3,(H2,25,26,27,28). The molecular formula is C24H27N7O2. The monoisotopic (exact) mass is 445 g/mol. The molecule has 0 atom stereocenters. The number of hydrogen-bond donors (Lipinski definition) is 2. The smallest absolute Gasteiger partial charge is 0.145 e. The normalized spacial score (nSPS) is 11.8. The number of fused-ring (bicyclic) bond motifs is 3. The second-order valence-corrected chi connectivity index (χ2v) is 8.62. The average Bonchev–Trinajstić information content (AvgIpc) is 3.41. The summed E-state index contributed by atoms with van der Waals surface area (Å²) in [5.41, 5.74) is 5.37. The van der Waals surface area contributed by atoms with Crippen molar-refractivity contribution in [2.24, 2.45) is 7.05 Å². The minimum Gasteiger partial charge on any atom is -0.496 e. The van der Waals surface area contributed by atoms with Gasteiger partial charge in [0.1, 0.15) is 34.6 Å². The van der Waals surface area contributed by atoms with Gasteiger partial charge in [0.25, 0.3) is 0 Å². The maximum Gasteiger partial charge on any atom is 0.145 e. The van der Waals surface area contributed by atoms with Crippen LogP contribution in [0.5, 0.6) is 5.75 Å². The summed E-state index contributed by atoms with van der Waals surface area (Å²) in [4.78, 5) is 12.8. The number of aromatic amines is 1. The summed E-state index contributed by atoms with van der Waals surface area (Å²) in [6.45, 7) is 9.97. The van der Waals surface area contributed by atoms with Crippen LogP contribution in [0.2, 0.25) is 0 Å². The van der Waals surface area contributed by atoms with Crippen LogP contribution in [0.15, 0.2) is 22.7 Å². The first-order chi connectivity index (χ1) is 15.8. The van der Waals surface area contributed by atoms with Crippen molar-refractivity contribution in [1.29, 1.82) is 0 Å². The number of benzene rings is 1. The molecule has 0 saturated carbocycles. The van der Waals surface area contributed by atoms with E-state index < -0.39 is 0 Å². The van der Waals surface area contributed by atoms with Gasteiger partial charge in [0.05, 0.1) is 29.4 Å². The molecule has 9 heteroatoms. The lowest BCUT2D eigenvalue weighted by Crippen LogP contribution is -2.03. The Hall–Kier alpha value is -3.88. The van der Waals surface area contributed by atoms with E-state index in [-0.39, 0.29) is 0 Å². The summed E-state index contributed by atoms with van der Waals surface area (Å²) in [6, 6.07) is 6.13. The van der Waals surface area contributed by atoms with Crippen molar-refractivity contribution in [2.75, 3.05) is 12.4 Å². The van der Waals surface area contributed by atoms with Gasteiger partial charge in [-0.05, 0) is 38.8 Å². The van der Waals surface area contributed by atoms with E-state index in [1.54, 1.807) is 7.11 Å². The fraction of sp³-hybridized carbons (Fsp3) is 0.333. The zero-order valence-corrected chi connectivity index (χ0v) is 19.9. The molecule has 33 heavy (non-hydrogen) atoms. The Labute approximate surface area is 191 Å². The van der Waals surface area contributed by atoms with Gasteiger partial charge >= 0.3 is 0 Å². The topological polar surface area (TPSA) is 107 Å². The van der Waals surface area contributed by atoms with Gasteiger partial charge in [-0.1, -0.05) is 19.0 Å². The molecule has 170 valence electrons. The zero-order valence-electron chi connectivity index (χ0n) is 19.9. The highest BCUT2D eigenvalue weighted by atomic mass is 16.5. The van der Waals surface area contributed by atoms with Crippen molar-refractivity contribution >= 4 is 33.6 Å². The van der Waals surface area contributed by atoms with Gasteiger partial charge < -0.3 is 19.6 Å². The molecule has 5 aromatic rings. The van der Waals surface area contributed by atoms with Crippen molar-refractivity contribution in [3.05, 3.63) is 41.2 Å². The SMILES string of the molecule is COc1cc2c(cc1-c1c(C)noc1C)[nH]c1nc(C)nc(Nc3cc(C(C)C)nn3C)c12. The van der Waals surface area contributed by atoms with E-state index >= 15 is 0 Å². The highest BCUT2D eigenvalue weighted by Gasteiger charge is 2.21. The lowest BCUT2D eigenvalue weighted by Gasteiger charge is -2.10. The Bertz CT molecular complexity index is 1490. The van der Waals surface area contributed by atoms with Crippen molar-refractivity contribution < 1.29 is 9.26 Å². The fourth-order valence-electron chi connectivity index (χ4n) is 4.27. The van der Waals surface area contributed by atoms with Crippen molar-refractivity contribution in [2.45, 2.75) is 40.5 Å². The zero-order chi connectivity index (χ0) is 23.4. The third kappa shape index (κ3) is 3.40. The third-order valence-electron chi connectivity index (χ3n) is 5.92. The Morgan fingerprint density at radius 3 is 2.55 bits per heavy atom. The minimum atomic E-state index is 0.332. The van der Waals surface area contributed by atoms with Gasteiger partial charge in [-0.3, -0.25) is 4.68 Å². The third-order valence-corrected chi connectivity index (χ3v) is 5.92. The van der Waals surface area contributed by atoms with Gasteiger partial charge in [-0.15, -0.1) is 0 Å². The lowest BCUT2D eigenvalue weighted by atomic mass is 10.0. The van der Waals surface area contributed by atoms with E-state index in [1.165, 1.54) is 0 Å². The Morgan fingerprint density at radius 1 is 1.12 bits per heavy atom. The molecule has 0 unspecified atom stereocenters. The molecule has 0 spiro atoms. The van der Waals surface area contributed by atoms with Crippen LogP contribution in [-0.2, 0) is 7.05 Å². The van der Waals surface area contributed by atoms with Gasteiger partial charge in [0.15, 0.2) is 0 Å². The molecule has 0 aliphatic rings. The first-order valence-corrected chi connectivity index (χ1v) is 10.9. The average molecular weight is 446 g/mol. The molecule has 0 saturated heterocycles. The number of H-pyrrole nitrogens is 1. The maximum atomic E-state index is 5.78. The van der Waals surface area contributed by atoms with Crippen LogP contribution < -0.4 is 10.1 Å². The number of anilines is 2. The minimum absolute atomic E-state index is 0.332. The fourth-order valence-corrected chi connectivity index (χ4v) is 4.27. The van der Waals surface area contributed by atoms with Gasteiger partial charge in [0, 0.05) is 29.6 Å². The van der Waals surface area contributed by atoms with Crippen LogP contribution in [0, 0.1) is 20.8 Å². The second kappa shape index (κ2) is 7.61. The molecule has 4 heterocycles. The molecule has 0 fully saturated rings. The van der Waals surface area contributed by atoms with Gasteiger partial charge in [-0.2, -0.15) is 5.10 Å². The van der Waals surface area contributed by atoms with E-state index in [9.17, 15) is 0 Å². The Kier molecular flexibility index (Phi) is 4.84. The first kappa shape index (κ1) is 21.0. The van der Waals surface area contributed by atoms with E-state index in [0.29, 0.717) is 17.6 Å². The molecule has 0 aliphatic carbocycles. The van der Waals surface area contributed by atoms with Crippen LogP contribution >= 0.6 is 0 Å². The maximum absolute atomic E-state index is 5.78. The van der Waals surface area contributed by atoms with E-state index in [0.717, 1.165) is 61.8 Å². The summed E-state index contributed by atoms with van der Waals surface area (Å²) in [5, 5.41) is 14.0. The van der Waals surface area contributed by atoms with Crippen LogP contribution in [-0.4, -0.2) is 37.0 Å².